The monoisotopic (exact) mass is 493 g/mol. The Bertz CT molecular complexity index is 1190. The fourth-order valence-corrected chi connectivity index (χ4v) is 4.56. The highest BCUT2D eigenvalue weighted by molar-refractivity contribution is 7.92. The number of carbonyl (C=O) groups is 1. The second kappa shape index (κ2) is 10.8. The first-order valence-electron chi connectivity index (χ1n) is 11.3. The van der Waals surface area contributed by atoms with Gasteiger partial charge in [0.15, 0.2) is 0 Å². The lowest BCUT2D eigenvalue weighted by Gasteiger charge is -2.29. The van der Waals surface area contributed by atoms with E-state index in [0.717, 1.165) is 0 Å². The number of hydrogen-bond donors (Lipinski definition) is 3. The van der Waals surface area contributed by atoms with Gasteiger partial charge >= 0.3 is 6.09 Å². The number of nitrogens with zero attached hydrogens (tertiary/aromatic N) is 1. The number of aromatic nitrogens is 1. The van der Waals surface area contributed by atoms with Gasteiger partial charge in [0, 0.05) is 42.2 Å². The number of pyridine rings is 1. The fourth-order valence-electron chi connectivity index (χ4n) is 3.93. The van der Waals surface area contributed by atoms with E-state index in [9.17, 15) is 18.0 Å². The number of rotatable bonds is 9. The van der Waals surface area contributed by atoms with Crippen LogP contribution in [0.4, 0.5) is 10.5 Å². The van der Waals surface area contributed by atoms with E-state index in [1.807, 2.05) is 6.92 Å². The van der Waals surface area contributed by atoms with Crippen LogP contribution in [0.2, 0.25) is 0 Å². The highest BCUT2D eigenvalue weighted by Crippen LogP contribution is 2.39. The van der Waals surface area contributed by atoms with Gasteiger partial charge in [0.2, 0.25) is 10.0 Å². The van der Waals surface area contributed by atoms with Gasteiger partial charge in [-0.1, -0.05) is 0 Å². The van der Waals surface area contributed by atoms with Gasteiger partial charge in [-0.2, -0.15) is 0 Å². The molecule has 0 aliphatic heterocycles. The number of sulfonamides is 1. The Labute approximate surface area is 198 Å². The van der Waals surface area contributed by atoms with Crippen LogP contribution in [0.15, 0.2) is 35.3 Å². The van der Waals surface area contributed by atoms with Crippen LogP contribution in [0.25, 0.3) is 11.1 Å². The van der Waals surface area contributed by atoms with Gasteiger partial charge in [-0.3, -0.25) is 9.52 Å². The third kappa shape index (κ3) is 6.43. The number of carboxylic acid groups (broad SMARTS) is 1. The summed E-state index contributed by atoms with van der Waals surface area (Å²) < 4.78 is 40.3. The Morgan fingerprint density at radius 1 is 1.12 bits per heavy atom. The molecule has 0 spiro atoms. The number of ether oxygens (including phenoxy) is 2. The van der Waals surface area contributed by atoms with Crippen LogP contribution in [0.5, 0.6) is 11.5 Å². The third-order valence-electron chi connectivity index (χ3n) is 5.71. The quantitative estimate of drug-likeness (QED) is 0.488. The molecule has 1 heterocycles. The normalized spacial score (nSPS) is 18.2. The molecular weight excluding hydrogens is 462 g/mol. The summed E-state index contributed by atoms with van der Waals surface area (Å²) in [5.74, 6) is 0.826. The summed E-state index contributed by atoms with van der Waals surface area (Å²) in [7, 11) is -1.87. The predicted octanol–water partition coefficient (Wildman–Crippen LogP) is 3.17. The first-order chi connectivity index (χ1) is 16.1. The fraction of sp³-hybridized carbons (Fsp3) is 0.478. The van der Waals surface area contributed by atoms with E-state index in [1.54, 1.807) is 38.4 Å². The maximum atomic E-state index is 12.2. The number of anilines is 1. The molecule has 2 aromatic rings. The average molecular weight is 494 g/mol. The summed E-state index contributed by atoms with van der Waals surface area (Å²) in [6.07, 6.45) is 3.12. The van der Waals surface area contributed by atoms with Gasteiger partial charge in [0.25, 0.3) is 5.56 Å². The van der Waals surface area contributed by atoms with Crippen LogP contribution in [-0.4, -0.2) is 48.7 Å². The van der Waals surface area contributed by atoms with Crippen LogP contribution >= 0.6 is 0 Å². The second-order valence-corrected chi connectivity index (χ2v) is 10.2. The van der Waals surface area contributed by atoms with Crippen molar-refractivity contribution in [3.63, 3.8) is 0 Å². The molecule has 1 fully saturated rings. The molecule has 0 unspecified atom stereocenters. The van der Waals surface area contributed by atoms with Crippen LogP contribution < -0.4 is 25.1 Å². The summed E-state index contributed by atoms with van der Waals surface area (Å²) in [5, 5.41) is 11.5. The van der Waals surface area contributed by atoms with E-state index in [4.69, 9.17) is 14.6 Å². The van der Waals surface area contributed by atoms with Crippen LogP contribution in [-0.2, 0) is 17.1 Å². The highest BCUT2D eigenvalue weighted by atomic mass is 32.2. The van der Waals surface area contributed by atoms with E-state index in [0.29, 0.717) is 60.6 Å². The van der Waals surface area contributed by atoms with E-state index < -0.39 is 16.1 Å². The van der Waals surface area contributed by atoms with Crippen LogP contribution in [0, 0.1) is 0 Å². The Kier molecular flexibility index (Phi) is 8.08. The van der Waals surface area contributed by atoms with Crippen molar-refractivity contribution < 1.29 is 27.8 Å². The van der Waals surface area contributed by atoms with Crippen molar-refractivity contribution in [1.29, 1.82) is 0 Å². The molecule has 10 nitrogen and oxygen atoms in total. The van der Waals surface area contributed by atoms with Crippen LogP contribution in [0.3, 0.4) is 0 Å². The molecule has 0 atom stereocenters. The van der Waals surface area contributed by atoms with E-state index in [2.05, 4.69) is 10.0 Å². The molecule has 11 heteroatoms. The maximum absolute atomic E-state index is 12.2. The molecule has 1 saturated carbocycles. The molecule has 1 amide bonds. The molecule has 1 aliphatic carbocycles. The molecule has 34 heavy (non-hydrogen) atoms. The van der Waals surface area contributed by atoms with E-state index in [1.165, 1.54) is 10.6 Å². The molecule has 0 radical (unpaired) electrons. The lowest BCUT2D eigenvalue weighted by Crippen LogP contribution is -2.38. The minimum Gasteiger partial charge on any atom is -0.493 e. The van der Waals surface area contributed by atoms with Crippen molar-refractivity contribution in [3.05, 3.63) is 40.8 Å². The van der Waals surface area contributed by atoms with Crippen LogP contribution in [0.1, 0.15) is 39.5 Å². The number of amides is 1. The van der Waals surface area contributed by atoms with E-state index in [-0.39, 0.29) is 23.5 Å². The van der Waals surface area contributed by atoms with Crippen molar-refractivity contribution in [3.8, 4) is 22.6 Å². The van der Waals surface area contributed by atoms with Crippen molar-refractivity contribution in [1.82, 2.24) is 9.88 Å². The lowest BCUT2D eigenvalue weighted by atomic mass is 9.93. The smallest absolute Gasteiger partial charge is 0.404 e. The lowest BCUT2D eigenvalue weighted by molar-refractivity contribution is 0.135. The molecule has 3 N–H and O–H groups in total. The summed E-state index contributed by atoms with van der Waals surface area (Å²) in [6.45, 7) is 3.71. The second-order valence-electron chi connectivity index (χ2n) is 8.19. The zero-order chi connectivity index (χ0) is 24.9. The Morgan fingerprint density at radius 3 is 2.44 bits per heavy atom. The predicted molar refractivity (Wildman–Crippen MR) is 129 cm³/mol. The van der Waals surface area contributed by atoms with Crippen molar-refractivity contribution in [2.24, 2.45) is 7.05 Å². The Morgan fingerprint density at radius 2 is 1.82 bits per heavy atom. The first kappa shape index (κ1) is 25.4. The Hall–Kier alpha value is -3.21. The van der Waals surface area contributed by atoms with Gasteiger partial charge in [0.1, 0.15) is 11.5 Å². The molecule has 3 rings (SSSR count). The Balaban J connectivity index is 1.98. The zero-order valence-electron chi connectivity index (χ0n) is 19.5. The minimum absolute atomic E-state index is 0.0712. The minimum atomic E-state index is -3.50. The van der Waals surface area contributed by atoms with Crippen molar-refractivity contribution >= 4 is 21.8 Å². The van der Waals surface area contributed by atoms with Gasteiger partial charge in [-0.15, -0.1) is 0 Å². The number of aryl methyl sites for hydroxylation is 1. The molecule has 0 saturated heterocycles. The molecule has 1 aromatic carbocycles. The highest BCUT2D eigenvalue weighted by Gasteiger charge is 2.25. The molecule has 1 aromatic heterocycles. The first-order valence-corrected chi connectivity index (χ1v) is 12.9. The zero-order valence-corrected chi connectivity index (χ0v) is 20.4. The third-order valence-corrected chi connectivity index (χ3v) is 7.02. The van der Waals surface area contributed by atoms with Gasteiger partial charge in [-0.05, 0) is 57.7 Å². The number of hydrogen-bond acceptors (Lipinski definition) is 6. The standard InChI is InChI=1S/C23H31N3O7S/c1-4-32-21-13-22(27)26(3)14-19(21)18-12-16(25-34(30,31)5-2)8-11-20(18)33-17-9-6-15(7-10-17)24-23(28)29/h8,11-15,17,24-25H,4-7,9-10H2,1-3H3,(H,28,29). The number of nitrogens with one attached hydrogen (secondary N) is 2. The number of benzene rings is 1. The maximum Gasteiger partial charge on any atom is 0.404 e. The largest absolute Gasteiger partial charge is 0.493 e. The molecular formula is C23H31N3O7S. The topological polar surface area (TPSA) is 136 Å². The van der Waals surface area contributed by atoms with E-state index >= 15 is 0 Å². The summed E-state index contributed by atoms with van der Waals surface area (Å²) in [5.41, 5.74) is 1.32. The summed E-state index contributed by atoms with van der Waals surface area (Å²) in [4.78, 5) is 23.1. The van der Waals surface area contributed by atoms with Gasteiger partial charge in [0.05, 0.1) is 18.5 Å². The van der Waals surface area contributed by atoms with Crippen molar-refractivity contribution in [2.75, 3.05) is 17.1 Å². The molecule has 1 aliphatic rings. The summed E-state index contributed by atoms with van der Waals surface area (Å²) >= 11 is 0. The average Bonchev–Trinajstić information content (AvgIpc) is 2.78. The molecule has 186 valence electrons. The summed E-state index contributed by atoms with van der Waals surface area (Å²) in [6, 6.07) is 6.30. The van der Waals surface area contributed by atoms with Gasteiger partial charge < -0.3 is 24.5 Å². The molecule has 0 bridgehead atoms. The SMILES string of the molecule is CCOc1cc(=O)n(C)cc1-c1cc(NS(=O)(=O)CC)ccc1OC1CCC(NC(=O)O)CC1. The van der Waals surface area contributed by atoms with Gasteiger partial charge in [-0.25, -0.2) is 13.2 Å². The van der Waals surface area contributed by atoms with Crippen molar-refractivity contribution in [2.45, 2.75) is 51.7 Å².